The summed E-state index contributed by atoms with van der Waals surface area (Å²) in [4.78, 5) is 20.9. The van der Waals surface area contributed by atoms with Gasteiger partial charge in [-0.3, -0.25) is 4.79 Å². The predicted molar refractivity (Wildman–Crippen MR) is 89.2 cm³/mol. The number of ether oxygens (including phenoxy) is 1. The highest BCUT2D eigenvalue weighted by Crippen LogP contribution is 2.23. The van der Waals surface area contributed by atoms with Crippen molar-refractivity contribution in [1.82, 2.24) is 9.97 Å². The zero-order valence-corrected chi connectivity index (χ0v) is 15.1. The fourth-order valence-electron chi connectivity index (χ4n) is 2.34. The molecule has 25 heavy (non-hydrogen) atoms. The van der Waals surface area contributed by atoms with Crippen molar-refractivity contribution in [3.8, 4) is 0 Å². The van der Waals surface area contributed by atoms with Gasteiger partial charge in [-0.15, -0.1) is 0 Å². The number of anilines is 1. The van der Waals surface area contributed by atoms with E-state index in [-0.39, 0.29) is 22.8 Å². The van der Waals surface area contributed by atoms with Gasteiger partial charge < -0.3 is 14.2 Å². The zero-order chi connectivity index (χ0) is 18.8. The van der Waals surface area contributed by atoms with Gasteiger partial charge >= 0.3 is 12.1 Å². The van der Waals surface area contributed by atoms with Gasteiger partial charge in [0.15, 0.2) is 0 Å². The molecule has 12 heteroatoms. The van der Waals surface area contributed by atoms with Crippen LogP contribution in [0.5, 0.6) is 0 Å². The van der Waals surface area contributed by atoms with E-state index in [2.05, 4.69) is 14.3 Å². The van der Waals surface area contributed by atoms with Crippen LogP contribution in [0.25, 0.3) is 0 Å². The summed E-state index contributed by atoms with van der Waals surface area (Å²) < 4.78 is 55.4. The normalized spacial score (nSPS) is 19.6. The van der Waals surface area contributed by atoms with Crippen LogP contribution in [0.2, 0.25) is 5.28 Å². The summed E-state index contributed by atoms with van der Waals surface area (Å²) in [5, 5.41) is -0.103. The van der Waals surface area contributed by atoms with Gasteiger partial charge in [-0.25, -0.2) is 9.97 Å². The van der Waals surface area contributed by atoms with Crippen LogP contribution in [-0.4, -0.2) is 58.7 Å². The Morgan fingerprint density at radius 1 is 1.56 bits per heavy atom. The van der Waals surface area contributed by atoms with Crippen LogP contribution in [0, 0.1) is 0 Å². The summed E-state index contributed by atoms with van der Waals surface area (Å²) in [6, 6.07) is 1.55. The van der Waals surface area contributed by atoms with E-state index in [9.17, 15) is 22.5 Å². The molecule has 1 aromatic heterocycles. The summed E-state index contributed by atoms with van der Waals surface area (Å²) in [7, 11) is -3.55. The minimum atomic E-state index is -5.12. The van der Waals surface area contributed by atoms with E-state index in [1.54, 1.807) is 0 Å². The van der Waals surface area contributed by atoms with Crippen LogP contribution >= 0.6 is 11.6 Å². The van der Waals surface area contributed by atoms with E-state index in [1.807, 2.05) is 11.8 Å². The third-order valence-corrected chi connectivity index (χ3v) is 5.12. The molecule has 2 heterocycles. The molecule has 1 atom stereocenters. The molecule has 0 aromatic carbocycles. The van der Waals surface area contributed by atoms with Crippen molar-refractivity contribution in [3.05, 3.63) is 17.0 Å². The number of amides is 1. The molecule has 0 unspecified atom stereocenters. The molecular formula is C13H18ClF3N4O3S. The number of thiol groups is 1. The summed E-state index contributed by atoms with van der Waals surface area (Å²) in [6.45, 7) is 3.49. The second kappa shape index (κ2) is 7.52. The number of carbonyl (C=O) groups is 1. The Morgan fingerprint density at radius 3 is 2.84 bits per heavy atom. The maximum Gasteiger partial charge on any atom is 0.474 e. The Bertz CT molecular complexity index is 710. The maximum absolute atomic E-state index is 12.3. The van der Waals surface area contributed by atoms with Crippen molar-refractivity contribution in [2.75, 3.05) is 30.9 Å². The average molecular weight is 403 g/mol. The largest absolute Gasteiger partial charge is 0.474 e. The fraction of sp³-hybridized carbons (Fsp3) is 0.615. The van der Waals surface area contributed by atoms with Gasteiger partial charge in [-0.1, -0.05) is 10.1 Å². The van der Waals surface area contributed by atoms with E-state index in [0.29, 0.717) is 25.6 Å². The smallest absolute Gasteiger partial charge is 0.377 e. The van der Waals surface area contributed by atoms with Crippen molar-refractivity contribution in [3.63, 3.8) is 0 Å². The Hall–Kier alpha value is -1.30. The molecule has 0 saturated carbocycles. The maximum atomic E-state index is 12.3. The van der Waals surface area contributed by atoms with Crippen molar-refractivity contribution >= 4 is 33.4 Å². The number of hydrogen-bond acceptors (Lipinski definition) is 5. The second-order valence-corrected chi connectivity index (χ2v) is 8.78. The molecule has 0 spiro atoms. The minimum absolute atomic E-state index is 0.0272. The van der Waals surface area contributed by atoms with Crippen LogP contribution in [0.1, 0.15) is 12.6 Å². The van der Waals surface area contributed by atoms with Gasteiger partial charge in [-0.05, 0) is 24.8 Å². The van der Waals surface area contributed by atoms with Crippen molar-refractivity contribution in [2.24, 2.45) is 4.36 Å². The lowest BCUT2D eigenvalue weighted by atomic mass is 10.2. The molecule has 0 radical (unpaired) electrons. The van der Waals surface area contributed by atoms with E-state index in [1.165, 1.54) is 6.07 Å². The fourth-order valence-corrected chi connectivity index (χ4v) is 3.89. The standard InChI is InChI=1S/C13H18ClF3N4O3S/c1-8-6-24-4-3-21(8)10-5-9(18-12(14)19-10)7-25(2,23)20-11(22)13(15,16)17/h5,8,25H,3-4,6-7H2,1-2H3,(H,20,22,23)/t8-/m1/s1. The molecule has 142 valence electrons. The Labute approximate surface area is 148 Å². The first-order valence-electron chi connectivity index (χ1n) is 7.28. The minimum Gasteiger partial charge on any atom is -0.377 e. The number of morpholine rings is 1. The molecule has 0 bridgehead atoms. The molecule has 1 saturated heterocycles. The van der Waals surface area contributed by atoms with Gasteiger partial charge in [-0.2, -0.15) is 17.5 Å². The number of hydrogen-bond donors (Lipinski definition) is 2. The van der Waals surface area contributed by atoms with Crippen molar-refractivity contribution in [1.29, 1.82) is 0 Å². The number of aromatic nitrogens is 2. The molecule has 1 aromatic rings. The number of alkyl halides is 3. The predicted octanol–water partition coefficient (Wildman–Crippen LogP) is 2.12. The monoisotopic (exact) mass is 402 g/mol. The summed E-state index contributed by atoms with van der Waals surface area (Å²) >= 11 is 5.90. The lowest BCUT2D eigenvalue weighted by Gasteiger charge is -2.34. The molecule has 1 aliphatic rings. The number of halogens is 4. The first-order chi connectivity index (χ1) is 11.5. The summed E-state index contributed by atoms with van der Waals surface area (Å²) in [6.07, 6.45) is -4.02. The Kier molecular flexibility index (Phi) is 6.02. The SMILES string of the molecule is C[C@@H]1COCCN1c1cc(C[SH](C)(O)=NC(=O)C(F)(F)F)nc(Cl)n1. The molecule has 2 rings (SSSR count). The quantitative estimate of drug-likeness (QED) is 0.594. The van der Waals surface area contributed by atoms with Gasteiger partial charge in [0.25, 0.3) is 0 Å². The van der Waals surface area contributed by atoms with Crippen molar-refractivity contribution in [2.45, 2.75) is 24.9 Å². The molecular weight excluding hydrogens is 385 g/mol. The van der Waals surface area contributed by atoms with E-state index in [4.69, 9.17) is 16.3 Å². The van der Waals surface area contributed by atoms with E-state index in [0.717, 1.165) is 6.26 Å². The highest BCUT2D eigenvalue weighted by Gasteiger charge is 2.39. The van der Waals surface area contributed by atoms with Crippen LogP contribution in [0.4, 0.5) is 19.0 Å². The number of carbonyl (C=O) groups excluding carboxylic acids is 1. The summed E-state index contributed by atoms with van der Waals surface area (Å²) in [5.41, 5.74) is 0.214. The Morgan fingerprint density at radius 2 is 2.24 bits per heavy atom. The van der Waals surface area contributed by atoms with Gasteiger partial charge in [0, 0.05) is 18.4 Å². The first-order valence-corrected chi connectivity index (χ1v) is 9.99. The van der Waals surface area contributed by atoms with Crippen LogP contribution in [-0.2, 0) is 25.4 Å². The number of nitrogens with zero attached hydrogens (tertiary/aromatic N) is 4. The van der Waals surface area contributed by atoms with Crippen LogP contribution < -0.4 is 4.90 Å². The first kappa shape index (κ1) is 20.0. The third-order valence-electron chi connectivity index (χ3n) is 3.41. The van der Waals surface area contributed by atoms with Crippen LogP contribution in [0.15, 0.2) is 10.4 Å². The highest BCUT2D eigenvalue weighted by molar-refractivity contribution is 7.98. The topological polar surface area (TPSA) is 87.9 Å². The highest BCUT2D eigenvalue weighted by atomic mass is 35.5. The van der Waals surface area contributed by atoms with Gasteiger partial charge in [0.1, 0.15) is 5.82 Å². The third kappa shape index (κ3) is 5.59. The molecule has 1 amide bonds. The number of rotatable bonds is 3. The zero-order valence-electron chi connectivity index (χ0n) is 13.5. The summed E-state index contributed by atoms with van der Waals surface area (Å²) in [5.74, 6) is -2.15. The van der Waals surface area contributed by atoms with Gasteiger partial charge in [0.05, 0.1) is 24.9 Å². The Balaban J connectivity index is 2.28. The molecule has 7 nitrogen and oxygen atoms in total. The molecule has 0 aliphatic carbocycles. The van der Waals surface area contributed by atoms with E-state index >= 15 is 0 Å². The van der Waals surface area contributed by atoms with E-state index < -0.39 is 22.2 Å². The lowest BCUT2D eigenvalue weighted by molar-refractivity contribution is -0.169. The second-order valence-electron chi connectivity index (χ2n) is 5.75. The average Bonchev–Trinajstić information content (AvgIpc) is 2.44. The lowest BCUT2D eigenvalue weighted by Crippen LogP contribution is -2.44. The molecule has 1 aliphatic heterocycles. The van der Waals surface area contributed by atoms with Crippen molar-refractivity contribution < 1.29 is 27.3 Å². The van der Waals surface area contributed by atoms with Crippen LogP contribution in [0.3, 0.4) is 0 Å². The molecule has 1 fully saturated rings. The molecule has 1 N–H and O–H groups in total. The van der Waals surface area contributed by atoms with Gasteiger partial charge in [0.2, 0.25) is 5.28 Å².